The van der Waals surface area contributed by atoms with Crippen molar-refractivity contribution < 1.29 is 23.9 Å². The Morgan fingerprint density at radius 3 is 2.30 bits per heavy atom. The second-order valence-corrected chi connectivity index (χ2v) is 8.62. The number of benzene rings is 3. The van der Waals surface area contributed by atoms with Crippen molar-refractivity contribution in [2.45, 2.75) is 20.8 Å². The summed E-state index contributed by atoms with van der Waals surface area (Å²) in [4.78, 5) is 36.4. The number of nitrogens with one attached hydrogen (secondary N) is 3. The van der Waals surface area contributed by atoms with Crippen LogP contribution in [0.25, 0.3) is 0 Å². The number of amides is 3. The lowest BCUT2D eigenvalue weighted by atomic mass is 10.1. The normalized spacial score (nSPS) is 10.6. The molecular formula is C27H27ClN4O5. The van der Waals surface area contributed by atoms with Gasteiger partial charge >= 0.3 is 11.8 Å². The van der Waals surface area contributed by atoms with Crippen LogP contribution >= 0.6 is 11.6 Å². The van der Waals surface area contributed by atoms with Gasteiger partial charge in [-0.2, -0.15) is 5.10 Å². The van der Waals surface area contributed by atoms with Crippen LogP contribution in [-0.2, 0) is 14.4 Å². The van der Waals surface area contributed by atoms with Gasteiger partial charge in [-0.05, 0) is 62.2 Å². The highest BCUT2D eigenvalue weighted by atomic mass is 35.5. The van der Waals surface area contributed by atoms with E-state index in [0.29, 0.717) is 16.9 Å². The van der Waals surface area contributed by atoms with Crippen molar-refractivity contribution in [3.8, 4) is 11.5 Å². The minimum absolute atomic E-state index is 0.170. The second kappa shape index (κ2) is 12.5. The first-order valence-electron chi connectivity index (χ1n) is 11.2. The molecule has 0 aliphatic heterocycles. The maximum atomic E-state index is 12.4. The van der Waals surface area contributed by atoms with Crippen molar-refractivity contribution in [2.24, 2.45) is 5.10 Å². The van der Waals surface area contributed by atoms with E-state index in [4.69, 9.17) is 21.1 Å². The summed E-state index contributed by atoms with van der Waals surface area (Å²) in [6, 6.07) is 15.8. The molecule has 10 heteroatoms. The summed E-state index contributed by atoms with van der Waals surface area (Å²) in [5, 5.41) is 9.25. The van der Waals surface area contributed by atoms with Crippen LogP contribution in [0.15, 0.2) is 59.7 Å². The molecule has 0 bridgehead atoms. The van der Waals surface area contributed by atoms with Gasteiger partial charge in [0.05, 0.1) is 18.3 Å². The zero-order valence-corrected chi connectivity index (χ0v) is 21.6. The van der Waals surface area contributed by atoms with Crippen LogP contribution in [0, 0.1) is 20.8 Å². The molecule has 0 unspecified atom stereocenters. The standard InChI is InChI=1S/C27H27ClN4O5/c1-16-5-8-20(9-6-16)30-26(34)27(35)32-29-14-19-12-21(28)25(23(13-19)36-4)37-15-24(33)31-22-10-7-17(2)11-18(22)3/h5-14H,15H2,1-4H3,(H,30,34)(H,31,33)(H,32,35)/b29-14-. The van der Waals surface area contributed by atoms with Crippen LogP contribution < -0.4 is 25.5 Å². The fourth-order valence-electron chi connectivity index (χ4n) is 3.27. The molecule has 3 rings (SSSR count). The minimum atomic E-state index is -0.940. The lowest BCUT2D eigenvalue weighted by Gasteiger charge is -2.14. The van der Waals surface area contributed by atoms with Gasteiger partial charge in [-0.1, -0.05) is 47.0 Å². The first kappa shape index (κ1) is 27.2. The van der Waals surface area contributed by atoms with Crippen molar-refractivity contribution >= 4 is 46.9 Å². The highest BCUT2D eigenvalue weighted by molar-refractivity contribution is 6.39. The molecule has 0 saturated carbocycles. The smallest absolute Gasteiger partial charge is 0.329 e. The fourth-order valence-corrected chi connectivity index (χ4v) is 3.55. The van der Waals surface area contributed by atoms with Gasteiger partial charge in [0.1, 0.15) is 0 Å². The van der Waals surface area contributed by atoms with E-state index in [-0.39, 0.29) is 29.0 Å². The van der Waals surface area contributed by atoms with E-state index in [0.717, 1.165) is 16.7 Å². The summed E-state index contributed by atoms with van der Waals surface area (Å²) < 4.78 is 10.9. The molecule has 0 atom stereocenters. The van der Waals surface area contributed by atoms with Gasteiger partial charge in [-0.25, -0.2) is 5.43 Å². The Labute approximate surface area is 219 Å². The van der Waals surface area contributed by atoms with Crippen LogP contribution in [-0.4, -0.2) is 37.7 Å². The predicted molar refractivity (Wildman–Crippen MR) is 144 cm³/mol. The van der Waals surface area contributed by atoms with Crippen molar-refractivity contribution in [1.29, 1.82) is 0 Å². The molecular weight excluding hydrogens is 496 g/mol. The lowest BCUT2D eigenvalue weighted by Crippen LogP contribution is -2.32. The molecule has 0 aliphatic rings. The zero-order chi connectivity index (χ0) is 26.9. The van der Waals surface area contributed by atoms with Crippen molar-refractivity contribution in [2.75, 3.05) is 24.4 Å². The summed E-state index contributed by atoms with van der Waals surface area (Å²) in [5.41, 5.74) is 6.86. The molecule has 0 heterocycles. The maximum Gasteiger partial charge on any atom is 0.329 e. The van der Waals surface area contributed by atoms with Gasteiger partial charge in [0.25, 0.3) is 5.91 Å². The number of ether oxygens (including phenoxy) is 2. The number of hydrogen-bond donors (Lipinski definition) is 3. The summed E-state index contributed by atoms with van der Waals surface area (Å²) >= 11 is 6.34. The lowest BCUT2D eigenvalue weighted by molar-refractivity contribution is -0.136. The number of halogens is 1. The third kappa shape index (κ3) is 7.81. The number of aryl methyl sites for hydroxylation is 3. The van der Waals surface area contributed by atoms with E-state index in [1.807, 2.05) is 51.1 Å². The molecule has 3 amide bonds. The van der Waals surface area contributed by atoms with E-state index in [1.165, 1.54) is 19.4 Å². The Balaban J connectivity index is 1.58. The van der Waals surface area contributed by atoms with E-state index >= 15 is 0 Å². The molecule has 0 saturated heterocycles. The number of hydrazone groups is 1. The summed E-state index contributed by atoms with van der Waals surface area (Å²) in [6.45, 7) is 5.50. The predicted octanol–water partition coefficient (Wildman–Crippen LogP) is 4.38. The number of carbonyl (C=O) groups is 3. The summed E-state index contributed by atoms with van der Waals surface area (Å²) in [6.07, 6.45) is 1.29. The highest BCUT2D eigenvalue weighted by Gasteiger charge is 2.15. The van der Waals surface area contributed by atoms with Crippen LogP contribution in [0.4, 0.5) is 11.4 Å². The number of rotatable bonds is 8. The second-order valence-electron chi connectivity index (χ2n) is 8.21. The maximum absolute atomic E-state index is 12.4. The molecule has 9 nitrogen and oxygen atoms in total. The van der Waals surface area contributed by atoms with Crippen LogP contribution in [0.5, 0.6) is 11.5 Å². The number of methoxy groups -OCH3 is 1. The molecule has 0 fully saturated rings. The molecule has 3 aromatic carbocycles. The first-order chi connectivity index (χ1) is 17.7. The summed E-state index contributed by atoms with van der Waals surface area (Å²) in [5.74, 6) is -1.72. The molecule has 0 aliphatic carbocycles. The van der Waals surface area contributed by atoms with Crippen molar-refractivity contribution in [3.63, 3.8) is 0 Å². The molecule has 37 heavy (non-hydrogen) atoms. The Hall–Kier alpha value is -4.37. The van der Waals surface area contributed by atoms with Crippen LogP contribution in [0.3, 0.4) is 0 Å². The van der Waals surface area contributed by atoms with Crippen LogP contribution in [0.1, 0.15) is 22.3 Å². The Morgan fingerprint density at radius 1 is 0.919 bits per heavy atom. The van der Waals surface area contributed by atoms with Gasteiger partial charge < -0.3 is 20.1 Å². The van der Waals surface area contributed by atoms with E-state index in [2.05, 4.69) is 21.2 Å². The van der Waals surface area contributed by atoms with Gasteiger partial charge in [-0.3, -0.25) is 14.4 Å². The largest absolute Gasteiger partial charge is 0.493 e. The van der Waals surface area contributed by atoms with Gasteiger partial charge in [-0.15, -0.1) is 0 Å². The number of carbonyl (C=O) groups excluding carboxylic acids is 3. The van der Waals surface area contributed by atoms with Gasteiger partial charge in [0, 0.05) is 11.4 Å². The number of anilines is 2. The molecule has 3 N–H and O–H groups in total. The van der Waals surface area contributed by atoms with Crippen molar-refractivity contribution in [3.05, 3.63) is 81.9 Å². The molecule has 0 radical (unpaired) electrons. The quantitative estimate of drug-likeness (QED) is 0.230. The average Bonchev–Trinajstić information content (AvgIpc) is 2.86. The Kier molecular flexibility index (Phi) is 9.23. The fraction of sp³-hybridized carbons (Fsp3) is 0.185. The molecule has 3 aromatic rings. The number of nitrogens with zero attached hydrogens (tertiary/aromatic N) is 1. The monoisotopic (exact) mass is 522 g/mol. The summed E-state index contributed by atoms with van der Waals surface area (Å²) in [7, 11) is 1.42. The number of hydrogen-bond acceptors (Lipinski definition) is 6. The first-order valence-corrected chi connectivity index (χ1v) is 11.6. The van der Waals surface area contributed by atoms with E-state index in [9.17, 15) is 14.4 Å². The van der Waals surface area contributed by atoms with E-state index in [1.54, 1.807) is 18.2 Å². The zero-order valence-electron chi connectivity index (χ0n) is 20.8. The SMILES string of the molecule is COc1cc(/C=N\NC(=O)C(=O)Nc2ccc(C)cc2)cc(Cl)c1OCC(=O)Nc1ccc(C)cc1C. The molecule has 0 spiro atoms. The Morgan fingerprint density at radius 2 is 1.62 bits per heavy atom. The highest BCUT2D eigenvalue weighted by Crippen LogP contribution is 2.36. The minimum Gasteiger partial charge on any atom is -0.493 e. The van der Waals surface area contributed by atoms with Crippen LogP contribution in [0.2, 0.25) is 5.02 Å². The van der Waals surface area contributed by atoms with Gasteiger partial charge in [0.2, 0.25) is 0 Å². The third-order valence-corrected chi connectivity index (χ3v) is 5.43. The molecule has 0 aromatic heterocycles. The van der Waals surface area contributed by atoms with Crippen molar-refractivity contribution in [1.82, 2.24) is 5.43 Å². The topological polar surface area (TPSA) is 118 Å². The average molecular weight is 523 g/mol. The molecule has 192 valence electrons. The van der Waals surface area contributed by atoms with E-state index < -0.39 is 11.8 Å². The third-order valence-electron chi connectivity index (χ3n) is 5.15. The van der Waals surface area contributed by atoms with Gasteiger partial charge in [0.15, 0.2) is 18.1 Å². The Bertz CT molecular complexity index is 1340.